The van der Waals surface area contributed by atoms with Crippen LogP contribution in [0.4, 0.5) is 0 Å². The molecule has 0 N–H and O–H groups in total. The summed E-state index contributed by atoms with van der Waals surface area (Å²) in [6, 6.07) is 10.8. The second-order valence-corrected chi connectivity index (χ2v) is 3.63. The summed E-state index contributed by atoms with van der Waals surface area (Å²) < 4.78 is 5.14. The van der Waals surface area contributed by atoms with Gasteiger partial charge in [-0.2, -0.15) is 0 Å². The predicted octanol–water partition coefficient (Wildman–Crippen LogP) is 2.31. The van der Waals surface area contributed by atoms with E-state index in [-0.39, 0.29) is 12.1 Å². The SMILES string of the molecule is CC1O[C]=NC1CCc1ccccc1. The van der Waals surface area contributed by atoms with Gasteiger partial charge in [0.25, 0.3) is 6.40 Å². The molecule has 1 radical (unpaired) electrons. The summed E-state index contributed by atoms with van der Waals surface area (Å²) in [5.74, 6) is 0. The minimum atomic E-state index is 0.193. The van der Waals surface area contributed by atoms with Crippen LogP contribution < -0.4 is 0 Å². The third kappa shape index (κ3) is 2.13. The molecule has 0 aromatic heterocycles. The molecule has 0 amide bonds. The predicted molar refractivity (Wildman–Crippen MR) is 56.5 cm³/mol. The first kappa shape index (κ1) is 9.25. The lowest BCUT2D eigenvalue weighted by Crippen LogP contribution is -2.18. The summed E-state index contributed by atoms with van der Waals surface area (Å²) in [4.78, 5) is 4.16. The van der Waals surface area contributed by atoms with Crippen LogP contribution in [0.1, 0.15) is 18.9 Å². The number of rotatable bonds is 3. The Hall–Kier alpha value is -1.31. The Morgan fingerprint density at radius 2 is 2.14 bits per heavy atom. The van der Waals surface area contributed by atoms with Crippen molar-refractivity contribution in [2.45, 2.75) is 31.9 Å². The van der Waals surface area contributed by atoms with Crippen LogP contribution in [-0.4, -0.2) is 18.5 Å². The van der Waals surface area contributed by atoms with Crippen molar-refractivity contribution in [2.24, 2.45) is 4.99 Å². The van der Waals surface area contributed by atoms with E-state index in [0.717, 1.165) is 12.8 Å². The van der Waals surface area contributed by atoms with E-state index in [1.54, 1.807) is 0 Å². The highest BCUT2D eigenvalue weighted by atomic mass is 16.5. The van der Waals surface area contributed by atoms with Crippen molar-refractivity contribution < 1.29 is 4.74 Å². The lowest BCUT2D eigenvalue weighted by Gasteiger charge is -2.11. The summed E-state index contributed by atoms with van der Waals surface area (Å²) in [5.41, 5.74) is 1.36. The van der Waals surface area contributed by atoms with Crippen LogP contribution >= 0.6 is 0 Å². The Balaban J connectivity index is 1.86. The molecule has 14 heavy (non-hydrogen) atoms. The molecule has 0 bridgehead atoms. The molecule has 0 saturated carbocycles. The monoisotopic (exact) mass is 188 g/mol. The Bertz CT molecular complexity index is 307. The van der Waals surface area contributed by atoms with Crippen molar-refractivity contribution in [3.63, 3.8) is 0 Å². The normalized spacial score (nSPS) is 24.9. The average Bonchev–Trinajstić information content (AvgIpc) is 2.63. The maximum Gasteiger partial charge on any atom is 0.273 e. The maximum atomic E-state index is 5.14. The van der Waals surface area contributed by atoms with Gasteiger partial charge in [0.15, 0.2) is 0 Å². The van der Waals surface area contributed by atoms with Crippen molar-refractivity contribution in [3.05, 3.63) is 35.9 Å². The summed E-state index contributed by atoms with van der Waals surface area (Å²) in [7, 11) is 0. The fraction of sp³-hybridized carbons (Fsp3) is 0.417. The summed E-state index contributed by atoms with van der Waals surface area (Å²) in [6.07, 6.45) is 4.88. The van der Waals surface area contributed by atoms with Gasteiger partial charge in [0.2, 0.25) is 0 Å². The van der Waals surface area contributed by atoms with Gasteiger partial charge >= 0.3 is 0 Å². The number of aryl methyl sites for hydroxylation is 1. The van der Waals surface area contributed by atoms with E-state index in [1.165, 1.54) is 5.56 Å². The Labute approximate surface area is 84.6 Å². The van der Waals surface area contributed by atoms with Gasteiger partial charge in [-0.25, -0.2) is 4.99 Å². The average molecular weight is 188 g/mol. The number of hydrogen-bond acceptors (Lipinski definition) is 2. The second kappa shape index (κ2) is 4.27. The number of benzene rings is 1. The zero-order valence-corrected chi connectivity index (χ0v) is 8.31. The number of hydrogen-bond donors (Lipinski definition) is 0. The van der Waals surface area contributed by atoms with Crippen molar-refractivity contribution in [3.8, 4) is 0 Å². The summed E-state index contributed by atoms with van der Waals surface area (Å²) >= 11 is 0. The molecule has 1 aromatic carbocycles. The van der Waals surface area contributed by atoms with Gasteiger partial charge in [0.05, 0.1) is 6.04 Å². The van der Waals surface area contributed by atoms with Gasteiger partial charge in [-0.05, 0) is 25.3 Å². The third-order valence-corrected chi connectivity index (χ3v) is 2.57. The quantitative estimate of drug-likeness (QED) is 0.713. The molecule has 2 heteroatoms. The van der Waals surface area contributed by atoms with E-state index in [0.29, 0.717) is 0 Å². The minimum absolute atomic E-state index is 0.193. The standard InChI is InChI=1S/C12H14NO/c1-10-12(13-9-14-10)8-7-11-5-3-2-4-6-11/h2-6,10,12H,7-8H2,1H3. The van der Waals surface area contributed by atoms with E-state index in [4.69, 9.17) is 4.74 Å². The zero-order valence-electron chi connectivity index (χ0n) is 8.31. The highest BCUT2D eigenvalue weighted by Crippen LogP contribution is 2.15. The highest BCUT2D eigenvalue weighted by Gasteiger charge is 2.21. The minimum Gasteiger partial charge on any atom is -0.469 e. The fourth-order valence-corrected chi connectivity index (χ4v) is 1.62. The zero-order chi connectivity index (χ0) is 9.80. The number of ether oxygens (including phenoxy) is 1. The van der Waals surface area contributed by atoms with Crippen molar-refractivity contribution in [2.75, 3.05) is 0 Å². The van der Waals surface area contributed by atoms with Gasteiger partial charge < -0.3 is 4.74 Å². The fourth-order valence-electron chi connectivity index (χ4n) is 1.62. The molecular weight excluding hydrogens is 174 g/mol. The van der Waals surface area contributed by atoms with Crippen LogP contribution in [0.3, 0.4) is 0 Å². The van der Waals surface area contributed by atoms with Crippen LogP contribution in [0, 0.1) is 0 Å². The lowest BCUT2D eigenvalue weighted by atomic mass is 10.0. The second-order valence-electron chi connectivity index (χ2n) is 3.63. The Morgan fingerprint density at radius 3 is 2.79 bits per heavy atom. The molecule has 1 aliphatic rings. The van der Waals surface area contributed by atoms with Crippen molar-refractivity contribution in [1.82, 2.24) is 0 Å². The molecule has 0 aliphatic carbocycles. The van der Waals surface area contributed by atoms with Crippen LogP contribution in [-0.2, 0) is 11.2 Å². The first-order chi connectivity index (χ1) is 6.86. The van der Waals surface area contributed by atoms with Crippen molar-refractivity contribution >= 4 is 6.40 Å². The molecule has 2 atom stereocenters. The van der Waals surface area contributed by atoms with Crippen LogP contribution in [0.25, 0.3) is 0 Å². The molecule has 2 rings (SSSR count). The van der Waals surface area contributed by atoms with Crippen LogP contribution in [0.2, 0.25) is 0 Å². The first-order valence-electron chi connectivity index (χ1n) is 5.00. The summed E-state index contributed by atoms with van der Waals surface area (Å²) in [6.45, 7) is 2.04. The van der Waals surface area contributed by atoms with Crippen molar-refractivity contribution in [1.29, 1.82) is 0 Å². The molecular formula is C12H14NO. The van der Waals surface area contributed by atoms with Gasteiger partial charge in [0, 0.05) is 0 Å². The number of aliphatic imine (C=N–C) groups is 1. The molecule has 0 saturated heterocycles. The third-order valence-electron chi connectivity index (χ3n) is 2.57. The number of nitrogens with zero attached hydrogens (tertiary/aromatic N) is 1. The van der Waals surface area contributed by atoms with E-state index < -0.39 is 0 Å². The van der Waals surface area contributed by atoms with Gasteiger partial charge in [-0.15, -0.1) is 0 Å². The largest absolute Gasteiger partial charge is 0.469 e. The molecule has 73 valence electrons. The molecule has 0 fully saturated rings. The summed E-state index contributed by atoms with van der Waals surface area (Å²) in [5, 5.41) is 0. The van der Waals surface area contributed by atoms with Gasteiger partial charge in [0.1, 0.15) is 6.10 Å². The van der Waals surface area contributed by atoms with E-state index in [2.05, 4.69) is 35.7 Å². The smallest absolute Gasteiger partial charge is 0.273 e. The molecule has 0 spiro atoms. The first-order valence-corrected chi connectivity index (χ1v) is 5.00. The lowest BCUT2D eigenvalue weighted by molar-refractivity contribution is 0.216. The molecule has 1 heterocycles. The van der Waals surface area contributed by atoms with Gasteiger partial charge in [-0.1, -0.05) is 30.3 Å². The Kier molecular flexibility index (Phi) is 2.82. The van der Waals surface area contributed by atoms with Crippen LogP contribution in [0.5, 0.6) is 0 Å². The molecule has 2 unspecified atom stereocenters. The maximum absolute atomic E-state index is 5.14. The topological polar surface area (TPSA) is 21.6 Å². The van der Waals surface area contributed by atoms with E-state index >= 15 is 0 Å². The van der Waals surface area contributed by atoms with Gasteiger partial charge in [-0.3, -0.25) is 0 Å². The molecule has 2 nitrogen and oxygen atoms in total. The van der Waals surface area contributed by atoms with E-state index in [9.17, 15) is 0 Å². The molecule has 1 aliphatic heterocycles. The molecule has 1 aromatic rings. The van der Waals surface area contributed by atoms with E-state index in [1.807, 2.05) is 13.0 Å². The highest BCUT2D eigenvalue weighted by molar-refractivity contribution is 5.49. The Morgan fingerprint density at radius 1 is 1.36 bits per heavy atom. The van der Waals surface area contributed by atoms with Crippen LogP contribution in [0.15, 0.2) is 35.3 Å².